The summed E-state index contributed by atoms with van der Waals surface area (Å²) in [4.78, 5) is 41.5. The maximum Gasteiger partial charge on any atom is 0.414 e. The van der Waals surface area contributed by atoms with E-state index in [0.717, 1.165) is 0 Å². The van der Waals surface area contributed by atoms with Gasteiger partial charge in [-0.05, 0) is 18.2 Å². The zero-order valence-electron chi connectivity index (χ0n) is 26.4. The Morgan fingerprint density at radius 3 is 2.50 bits per heavy atom. The van der Waals surface area contributed by atoms with E-state index in [0.29, 0.717) is 72.6 Å². The van der Waals surface area contributed by atoms with Crippen LogP contribution in [0.1, 0.15) is 17.0 Å². The number of benzene rings is 2. The standard InChI is InChI=1S/C34H30F3N7O6/c35-26-16-30-40-27(20-49-24-6-3-5-23(15-24)43-12-13-48-34(43)47)28(14-21-4-1-2-7-29(21)50-31(36)37)44(30)19-25(26)22-17-38-32(39-18-22)41-8-10-42(11-9-41)33(45)46/h1-7,15-19,31H,8-14,20H2,(H,45,46). The molecule has 0 unspecified atom stereocenters. The molecule has 16 heteroatoms. The molecule has 5 aromatic rings. The molecule has 2 aromatic carbocycles. The van der Waals surface area contributed by atoms with Gasteiger partial charge in [0.25, 0.3) is 0 Å². The first-order valence-corrected chi connectivity index (χ1v) is 15.7. The number of carbonyl (C=O) groups excluding carboxylic acids is 1. The summed E-state index contributed by atoms with van der Waals surface area (Å²) in [6, 6.07) is 14.6. The van der Waals surface area contributed by atoms with Gasteiger partial charge in [-0.25, -0.2) is 28.9 Å². The maximum absolute atomic E-state index is 15.7. The van der Waals surface area contributed by atoms with Crippen molar-refractivity contribution in [2.24, 2.45) is 0 Å². The van der Waals surface area contributed by atoms with Gasteiger partial charge in [0.2, 0.25) is 5.95 Å². The number of carboxylic acid groups (broad SMARTS) is 1. The Bertz CT molecular complexity index is 2040. The van der Waals surface area contributed by atoms with Gasteiger partial charge >= 0.3 is 18.8 Å². The number of para-hydroxylation sites is 1. The lowest BCUT2D eigenvalue weighted by Crippen LogP contribution is -2.48. The average Bonchev–Trinajstić information content (AvgIpc) is 3.70. The lowest BCUT2D eigenvalue weighted by Gasteiger charge is -2.33. The van der Waals surface area contributed by atoms with E-state index in [2.05, 4.69) is 15.0 Å². The van der Waals surface area contributed by atoms with Crippen molar-refractivity contribution in [3.63, 3.8) is 0 Å². The summed E-state index contributed by atoms with van der Waals surface area (Å²) in [7, 11) is 0. The summed E-state index contributed by atoms with van der Waals surface area (Å²) < 4.78 is 59.9. The van der Waals surface area contributed by atoms with Crippen molar-refractivity contribution in [1.82, 2.24) is 24.3 Å². The van der Waals surface area contributed by atoms with Crippen LogP contribution in [0.5, 0.6) is 11.5 Å². The number of carbonyl (C=O) groups is 2. The van der Waals surface area contributed by atoms with E-state index in [-0.39, 0.29) is 36.6 Å². The quantitative estimate of drug-likeness (QED) is 0.202. The molecular formula is C34H30F3N7O6. The second kappa shape index (κ2) is 13.8. The molecule has 5 heterocycles. The lowest BCUT2D eigenvalue weighted by molar-refractivity contribution is -0.0504. The summed E-state index contributed by atoms with van der Waals surface area (Å²) in [5, 5.41) is 9.22. The van der Waals surface area contributed by atoms with Crippen molar-refractivity contribution in [3.05, 3.63) is 96.0 Å². The number of cyclic esters (lactones) is 1. The average molecular weight is 690 g/mol. The van der Waals surface area contributed by atoms with Crippen LogP contribution in [0.15, 0.2) is 73.2 Å². The van der Waals surface area contributed by atoms with E-state index in [1.165, 1.54) is 34.3 Å². The monoisotopic (exact) mass is 689 g/mol. The second-order valence-corrected chi connectivity index (χ2v) is 11.5. The Balaban J connectivity index is 1.21. The zero-order chi connectivity index (χ0) is 34.8. The van der Waals surface area contributed by atoms with Crippen LogP contribution in [0.4, 0.5) is 34.4 Å². The normalized spacial score (nSPS) is 14.8. The number of fused-ring (bicyclic) bond motifs is 1. The Labute approximate surface area is 283 Å². The number of halogens is 3. The SMILES string of the molecule is O=C(O)N1CCN(c2ncc(-c3cn4c(Cc5ccccc5OC(F)F)c(COc5cccc(N6CCOC6=O)c5)nc4cc3F)cn2)CC1. The largest absolute Gasteiger partial charge is 0.487 e. The predicted molar refractivity (Wildman–Crippen MR) is 173 cm³/mol. The molecule has 0 aliphatic carbocycles. The number of rotatable bonds is 10. The highest BCUT2D eigenvalue weighted by Gasteiger charge is 2.25. The van der Waals surface area contributed by atoms with Crippen LogP contribution in [0, 0.1) is 5.82 Å². The smallest absolute Gasteiger partial charge is 0.414 e. The Hall–Kier alpha value is -6.06. The van der Waals surface area contributed by atoms with Crippen molar-refractivity contribution >= 4 is 29.5 Å². The van der Waals surface area contributed by atoms with Crippen molar-refractivity contribution in [3.8, 4) is 22.6 Å². The van der Waals surface area contributed by atoms with Crippen molar-refractivity contribution in [2.45, 2.75) is 19.6 Å². The van der Waals surface area contributed by atoms with Gasteiger partial charge in [-0.3, -0.25) is 4.90 Å². The van der Waals surface area contributed by atoms with Crippen LogP contribution in [0.2, 0.25) is 0 Å². The van der Waals surface area contributed by atoms with Gasteiger partial charge in [0, 0.05) is 80.0 Å². The van der Waals surface area contributed by atoms with Gasteiger partial charge in [0.15, 0.2) is 0 Å². The third kappa shape index (κ3) is 6.76. The molecular weight excluding hydrogens is 659 g/mol. The van der Waals surface area contributed by atoms with Crippen LogP contribution in [0.3, 0.4) is 0 Å². The predicted octanol–water partition coefficient (Wildman–Crippen LogP) is 5.46. The fourth-order valence-electron chi connectivity index (χ4n) is 5.96. The van der Waals surface area contributed by atoms with Crippen molar-refractivity contribution in [2.75, 3.05) is 49.1 Å². The number of pyridine rings is 1. The molecule has 258 valence electrons. The molecule has 50 heavy (non-hydrogen) atoms. The first-order valence-electron chi connectivity index (χ1n) is 15.7. The third-order valence-electron chi connectivity index (χ3n) is 8.49. The Morgan fingerprint density at radius 2 is 1.78 bits per heavy atom. The second-order valence-electron chi connectivity index (χ2n) is 11.5. The van der Waals surface area contributed by atoms with Crippen LogP contribution >= 0.6 is 0 Å². The van der Waals surface area contributed by atoms with E-state index in [1.807, 2.05) is 4.90 Å². The highest BCUT2D eigenvalue weighted by Crippen LogP contribution is 2.30. The number of anilines is 2. The van der Waals surface area contributed by atoms with Crippen LogP contribution in [-0.2, 0) is 17.8 Å². The number of nitrogens with zero attached hydrogens (tertiary/aromatic N) is 7. The third-order valence-corrected chi connectivity index (χ3v) is 8.49. The molecule has 0 atom stereocenters. The molecule has 2 amide bonds. The number of ether oxygens (including phenoxy) is 3. The molecule has 13 nitrogen and oxygen atoms in total. The molecule has 0 radical (unpaired) electrons. The van der Waals surface area contributed by atoms with E-state index in [1.54, 1.807) is 53.1 Å². The van der Waals surface area contributed by atoms with Gasteiger partial charge in [0.05, 0.1) is 17.9 Å². The summed E-state index contributed by atoms with van der Waals surface area (Å²) in [6.07, 6.45) is 3.19. The minimum absolute atomic E-state index is 0.00923. The van der Waals surface area contributed by atoms with Crippen molar-refractivity contribution in [1.29, 1.82) is 0 Å². The van der Waals surface area contributed by atoms with E-state index < -0.39 is 24.6 Å². The summed E-state index contributed by atoms with van der Waals surface area (Å²) >= 11 is 0. The van der Waals surface area contributed by atoms with Crippen LogP contribution in [0.25, 0.3) is 16.8 Å². The first-order chi connectivity index (χ1) is 24.2. The molecule has 2 saturated heterocycles. The molecule has 2 aliphatic rings. The van der Waals surface area contributed by atoms with Crippen LogP contribution in [-0.4, -0.2) is 87.5 Å². The summed E-state index contributed by atoms with van der Waals surface area (Å²) in [5.74, 6) is 0.245. The number of alkyl halides is 2. The van der Waals surface area contributed by atoms with Gasteiger partial charge < -0.3 is 33.5 Å². The summed E-state index contributed by atoms with van der Waals surface area (Å²) in [5.41, 5.74) is 2.83. The van der Waals surface area contributed by atoms with Gasteiger partial charge in [0.1, 0.15) is 41.9 Å². The van der Waals surface area contributed by atoms with Gasteiger partial charge in [-0.1, -0.05) is 24.3 Å². The molecule has 1 N–H and O–H groups in total. The number of hydrogen-bond donors (Lipinski definition) is 1. The van der Waals surface area contributed by atoms with E-state index in [4.69, 9.17) is 14.2 Å². The Morgan fingerprint density at radius 1 is 1.00 bits per heavy atom. The highest BCUT2D eigenvalue weighted by atomic mass is 19.3. The van der Waals surface area contributed by atoms with Gasteiger partial charge in [-0.2, -0.15) is 8.78 Å². The number of amides is 2. The molecule has 3 aromatic heterocycles. The van der Waals surface area contributed by atoms with Gasteiger partial charge in [-0.15, -0.1) is 0 Å². The van der Waals surface area contributed by atoms with E-state index in [9.17, 15) is 23.5 Å². The number of hydrogen-bond acceptors (Lipinski definition) is 9. The number of imidazole rings is 1. The fraction of sp³-hybridized carbons (Fsp3) is 0.265. The summed E-state index contributed by atoms with van der Waals surface area (Å²) in [6.45, 7) is -0.951. The fourth-order valence-corrected chi connectivity index (χ4v) is 5.96. The molecule has 2 aliphatic heterocycles. The minimum atomic E-state index is -3.04. The first kappa shape index (κ1) is 32.5. The molecule has 7 rings (SSSR count). The van der Waals surface area contributed by atoms with Crippen molar-refractivity contribution < 1.29 is 42.1 Å². The molecule has 2 fully saturated rings. The molecule has 0 saturated carbocycles. The van der Waals surface area contributed by atoms with E-state index >= 15 is 4.39 Å². The van der Waals surface area contributed by atoms with Crippen LogP contribution < -0.4 is 19.3 Å². The molecule has 0 spiro atoms. The molecule has 0 bridgehead atoms. The number of piperazine rings is 1. The zero-order valence-corrected chi connectivity index (χ0v) is 26.4. The Kier molecular flexibility index (Phi) is 8.98. The highest BCUT2D eigenvalue weighted by molar-refractivity contribution is 5.89. The topological polar surface area (TPSA) is 135 Å². The maximum atomic E-state index is 15.7. The number of aromatic nitrogens is 4. The lowest BCUT2D eigenvalue weighted by atomic mass is 10.1. The minimum Gasteiger partial charge on any atom is -0.487 e.